The van der Waals surface area contributed by atoms with Gasteiger partial charge in [-0.25, -0.2) is 0 Å². The van der Waals surface area contributed by atoms with E-state index in [2.05, 4.69) is 90.6 Å². The zero-order valence-electron chi connectivity index (χ0n) is 28.4. The third kappa shape index (κ3) is 17.6. The molecule has 4 heteroatoms. The van der Waals surface area contributed by atoms with Crippen LogP contribution in [0.2, 0.25) is 0 Å². The fourth-order valence-electron chi connectivity index (χ4n) is 6.27. The van der Waals surface area contributed by atoms with Crippen molar-refractivity contribution >= 4 is 0 Å². The summed E-state index contributed by atoms with van der Waals surface area (Å²) in [5, 5.41) is 0. The zero-order valence-corrected chi connectivity index (χ0v) is 31.6. The molecule has 0 bridgehead atoms. The number of quaternary nitrogens is 2. The molecule has 0 saturated carbocycles. The quantitative estimate of drug-likeness (QED) is 0.115. The van der Waals surface area contributed by atoms with Gasteiger partial charge in [0.1, 0.15) is 13.1 Å². The molecule has 42 heavy (non-hydrogen) atoms. The van der Waals surface area contributed by atoms with Gasteiger partial charge in [0.15, 0.2) is 0 Å². The highest BCUT2D eigenvalue weighted by Crippen LogP contribution is 2.31. The number of benzene rings is 2. The second-order valence-electron chi connectivity index (χ2n) is 13.9. The first-order valence-electron chi connectivity index (χ1n) is 17.1. The van der Waals surface area contributed by atoms with E-state index in [9.17, 15) is 0 Å². The van der Waals surface area contributed by atoms with Crippen molar-refractivity contribution in [2.24, 2.45) is 0 Å². The van der Waals surface area contributed by atoms with Gasteiger partial charge in [0.2, 0.25) is 0 Å². The lowest BCUT2D eigenvalue weighted by atomic mass is 9.94. The van der Waals surface area contributed by atoms with E-state index in [1.165, 1.54) is 138 Å². The normalized spacial score (nSPS) is 11.7. The molecule has 2 nitrogen and oxygen atoms in total. The number of halogens is 2. The van der Waals surface area contributed by atoms with Gasteiger partial charge in [-0.1, -0.05) is 139 Å². The Morgan fingerprint density at radius 2 is 0.690 bits per heavy atom. The molecule has 242 valence electrons. The third-order valence-corrected chi connectivity index (χ3v) is 8.76. The number of hydrogen-bond donors (Lipinski definition) is 0. The Labute approximate surface area is 283 Å². The average molecular weight is 711 g/mol. The second-order valence-corrected chi connectivity index (χ2v) is 13.9. The van der Waals surface area contributed by atoms with Crippen LogP contribution in [-0.4, -0.2) is 50.2 Å². The summed E-state index contributed by atoms with van der Waals surface area (Å²) in [5.74, 6) is 0. The monoisotopic (exact) mass is 708 g/mol. The van der Waals surface area contributed by atoms with E-state index in [1.54, 1.807) is 0 Å². The van der Waals surface area contributed by atoms with Gasteiger partial charge in [0.05, 0.1) is 41.3 Å². The highest BCUT2D eigenvalue weighted by Gasteiger charge is 2.22. The largest absolute Gasteiger partial charge is 1.00 e. The topological polar surface area (TPSA) is 0 Å². The van der Waals surface area contributed by atoms with Crippen LogP contribution >= 0.6 is 0 Å². The Kier molecular flexibility index (Phi) is 23.3. The Morgan fingerprint density at radius 3 is 1.02 bits per heavy atom. The summed E-state index contributed by atoms with van der Waals surface area (Å²) in [5.41, 5.74) is 5.86. The van der Waals surface area contributed by atoms with Crippen molar-refractivity contribution in [2.75, 3.05) is 41.3 Å². The Bertz CT molecular complexity index is 849. The maximum absolute atomic E-state index is 2.42. The Hall–Kier alpha value is -0.680. The summed E-state index contributed by atoms with van der Waals surface area (Å²) in [6.45, 7) is 9.31. The van der Waals surface area contributed by atoms with Crippen LogP contribution in [0.25, 0.3) is 11.1 Å². The van der Waals surface area contributed by atoms with E-state index < -0.39 is 0 Å². The van der Waals surface area contributed by atoms with Gasteiger partial charge in [-0.05, 0) is 36.8 Å². The molecule has 0 spiro atoms. The van der Waals surface area contributed by atoms with E-state index in [0.717, 1.165) is 22.1 Å². The number of nitrogens with zero attached hydrogens (tertiary/aromatic N) is 2. The first-order valence-corrected chi connectivity index (χ1v) is 17.1. The molecule has 0 amide bonds. The van der Waals surface area contributed by atoms with Crippen LogP contribution < -0.4 is 34.0 Å². The number of rotatable bonds is 23. The lowest BCUT2D eigenvalue weighted by molar-refractivity contribution is -0.904. The van der Waals surface area contributed by atoms with E-state index in [-0.39, 0.29) is 34.0 Å². The van der Waals surface area contributed by atoms with Crippen molar-refractivity contribution in [3.05, 3.63) is 59.7 Å². The van der Waals surface area contributed by atoms with Crippen molar-refractivity contribution < 1.29 is 42.9 Å². The smallest absolute Gasteiger partial charge is 0.105 e. The van der Waals surface area contributed by atoms with Crippen LogP contribution in [0.4, 0.5) is 0 Å². The molecule has 0 fully saturated rings. The molecule has 0 aliphatic heterocycles. The molecule has 2 aromatic rings. The molecule has 0 unspecified atom stereocenters. The summed E-state index contributed by atoms with van der Waals surface area (Å²) in [7, 11) is 9.70. The van der Waals surface area contributed by atoms with Gasteiger partial charge >= 0.3 is 0 Å². The molecule has 0 saturated heterocycles. The molecule has 0 aliphatic carbocycles. The van der Waals surface area contributed by atoms with Crippen LogP contribution in [0.3, 0.4) is 0 Å². The maximum Gasteiger partial charge on any atom is 0.105 e. The maximum atomic E-state index is 2.42. The summed E-state index contributed by atoms with van der Waals surface area (Å²) in [6, 6.07) is 18.4. The van der Waals surface area contributed by atoms with E-state index >= 15 is 0 Å². The zero-order chi connectivity index (χ0) is 29.1. The molecule has 2 aromatic carbocycles. The molecule has 0 heterocycles. The highest BCUT2D eigenvalue weighted by molar-refractivity contribution is 5.70. The first-order chi connectivity index (χ1) is 19.3. The van der Waals surface area contributed by atoms with Gasteiger partial charge in [-0.15, -0.1) is 0 Å². The minimum atomic E-state index is 0. The van der Waals surface area contributed by atoms with Gasteiger partial charge < -0.3 is 42.9 Å². The van der Waals surface area contributed by atoms with Crippen LogP contribution in [0.5, 0.6) is 0 Å². The molecular formula is C38H66Br2N2. The SMILES string of the molecule is CCCCCCCCCC[N+](C)(C)Cc1ccccc1-c1ccccc1C[N+](C)(C)CCCCCCCCCC.[Br-].[Br-]. The summed E-state index contributed by atoms with van der Waals surface area (Å²) in [6.07, 6.45) is 22.3. The number of unbranched alkanes of at least 4 members (excludes halogenated alkanes) is 14. The average Bonchev–Trinajstić information content (AvgIpc) is 2.92. The van der Waals surface area contributed by atoms with Crippen molar-refractivity contribution in [3.8, 4) is 11.1 Å². The highest BCUT2D eigenvalue weighted by atomic mass is 79.9. The van der Waals surface area contributed by atoms with Crippen molar-refractivity contribution in [2.45, 2.75) is 130 Å². The summed E-state index contributed by atoms with van der Waals surface area (Å²) in [4.78, 5) is 0. The van der Waals surface area contributed by atoms with Crippen LogP contribution in [0, 0.1) is 0 Å². The summed E-state index contributed by atoms with van der Waals surface area (Å²) >= 11 is 0. The lowest BCUT2D eigenvalue weighted by Gasteiger charge is -2.32. The fraction of sp³-hybridized carbons (Fsp3) is 0.684. The van der Waals surface area contributed by atoms with E-state index in [0.29, 0.717) is 0 Å². The van der Waals surface area contributed by atoms with Crippen LogP contribution in [0.15, 0.2) is 48.5 Å². The molecule has 2 rings (SSSR count). The minimum absolute atomic E-state index is 0. The van der Waals surface area contributed by atoms with E-state index in [4.69, 9.17) is 0 Å². The van der Waals surface area contributed by atoms with Crippen molar-refractivity contribution in [1.82, 2.24) is 0 Å². The molecule has 0 aliphatic rings. The lowest BCUT2D eigenvalue weighted by Crippen LogP contribution is -3.00. The number of hydrogen-bond acceptors (Lipinski definition) is 0. The Morgan fingerprint density at radius 1 is 0.405 bits per heavy atom. The Balaban J connectivity index is 0.00000840. The second kappa shape index (κ2) is 23.7. The molecule has 0 radical (unpaired) electrons. The van der Waals surface area contributed by atoms with Gasteiger partial charge in [-0.3, -0.25) is 0 Å². The first kappa shape index (κ1) is 41.3. The molecule has 0 atom stereocenters. The van der Waals surface area contributed by atoms with Crippen LogP contribution in [-0.2, 0) is 13.1 Å². The standard InChI is InChI=1S/C38H66N2.2BrH/c1-7-9-11-13-15-17-19-25-31-39(3,4)33-35-27-21-23-29-37(35)38-30-24-22-28-36(38)34-40(5,6)32-26-20-18-16-14-12-10-8-2;;/h21-24,27-30H,7-20,25-26,31-34H2,1-6H3;2*1H/q+2;;/p-2. The molecular weight excluding hydrogens is 644 g/mol. The van der Waals surface area contributed by atoms with Crippen molar-refractivity contribution in [3.63, 3.8) is 0 Å². The third-order valence-electron chi connectivity index (χ3n) is 8.76. The van der Waals surface area contributed by atoms with Gasteiger partial charge in [-0.2, -0.15) is 0 Å². The predicted molar refractivity (Wildman–Crippen MR) is 178 cm³/mol. The van der Waals surface area contributed by atoms with Crippen molar-refractivity contribution in [1.29, 1.82) is 0 Å². The van der Waals surface area contributed by atoms with Gasteiger partial charge in [0, 0.05) is 11.1 Å². The van der Waals surface area contributed by atoms with Gasteiger partial charge in [0.25, 0.3) is 0 Å². The minimum Gasteiger partial charge on any atom is -1.00 e. The van der Waals surface area contributed by atoms with Crippen LogP contribution in [0.1, 0.15) is 128 Å². The van der Waals surface area contributed by atoms with E-state index in [1.807, 2.05) is 0 Å². The fourth-order valence-corrected chi connectivity index (χ4v) is 6.27. The molecule has 0 aromatic heterocycles. The molecule has 0 N–H and O–H groups in total. The predicted octanol–water partition coefficient (Wildman–Crippen LogP) is 4.80. The summed E-state index contributed by atoms with van der Waals surface area (Å²) < 4.78 is 2.13.